The lowest BCUT2D eigenvalue weighted by Gasteiger charge is -2.31. The highest BCUT2D eigenvalue weighted by Gasteiger charge is 2.31. The van der Waals surface area contributed by atoms with E-state index in [0.29, 0.717) is 38.1 Å². The predicted octanol–water partition coefficient (Wildman–Crippen LogP) is 1.48. The molecule has 0 saturated carbocycles. The minimum atomic E-state index is -3.63. The standard InChI is InChI=1S/C17H24N2O5S/c1-2-13-24-15-9-11-19(12-10-15)25(22,23)16-6-4-3-5-14(16)7-8-17(20)18-21/h2-6,15,21H,1,7-13H2,(H,18,20). The van der Waals surface area contributed by atoms with Gasteiger partial charge in [-0.1, -0.05) is 24.3 Å². The van der Waals surface area contributed by atoms with Gasteiger partial charge >= 0.3 is 0 Å². The van der Waals surface area contributed by atoms with Crippen molar-refractivity contribution in [2.75, 3.05) is 19.7 Å². The maximum absolute atomic E-state index is 13.0. The van der Waals surface area contributed by atoms with Crippen LogP contribution in [0.3, 0.4) is 0 Å². The van der Waals surface area contributed by atoms with Gasteiger partial charge < -0.3 is 4.74 Å². The molecule has 2 N–H and O–H groups in total. The Bertz CT molecular complexity index is 697. The largest absolute Gasteiger partial charge is 0.374 e. The highest BCUT2D eigenvalue weighted by atomic mass is 32.2. The Morgan fingerprint density at radius 2 is 2.04 bits per heavy atom. The van der Waals surface area contributed by atoms with Crippen LogP contribution in [0.4, 0.5) is 0 Å². The minimum Gasteiger partial charge on any atom is -0.374 e. The van der Waals surface area contributed by atoms with E-state index in [9.17, 15) is 13.2 Å². The second kappa shape index (κ2) is 9.10. The van der Waals surface area contributed by atoms with Gasteiger partial charge in [0.1, 0.15) is 0 Å². The predicted molar refractivity (Wildman–Crippen MR) is 92.6 cm³/mol. The Labute approximate surface area is 148 Å². The molecule has 138 valence electrons. The minimum absolute atomic E-state index is 0.0144. The van der Waals surface area contributed by atoms with E-state index < -0.39 is 15.9 Å². The average molecular weight is 368 g/mol. The molecular formula is C17H24N2O5S. The Hall–Kier alpha value is -1.74. The number of hydroxylamine groups is 1. The molecule has 0 unspecified atom stereocenters. The van der Waals surface area contributed by atoms with Crippen LogP contribution in [-0.4, -0.2) is 49.6 Å². The zero-order valence-corrected chi connectivity index (χ0v) is 14.9. The summed E-state index contributed by atoms with van der Waals surface area (Å²) in [5, 5.41) is 8.59. The second-order valence-electron chi connectivity index (χ2n) is 5.87. The van der Waals surface area contributed by atoms with Crippen LogP contribution in [-0.2, 0) is 26.0 Å². The van der Waals surface area contributed by atoms with Crippen LogP contribution in [0.5, 0.6) is 0 Å². The van der Waals surface area contributed by atoms with Gasteiger partial charge in [0.15, 0.2) is 0 Å². The first-order valence-electron chi connectivity index (χ1n) is 8.22. The van der Waals surface area contributed by atoms with E-state index in [2.05, 4.69) is 6.58 Å². The van der Waals surface area contributed by atoms with Gasteiger partial charge in [-0.3, -0.25) is 10.0 Å². The summed E-state index contributed by atoms with van der Waals surface area (Å²) in [6, 6.07) is 6.66. The van der Waals surface area contributed by atoms with Crippen molar-refractivity contribution in [3.8, 4) is 0 Å². The van der Waals surface area contributed by atoms with E-state index in [1.54, 1.807) is 35.8 Å². The molecule has 0 spiro atoms. The number of hydrogen-bond donors (Lipinski definition) is 2. The Balaban J connectivity index is 2.09. The number of ether oxygens (including phenoxy) is 1. The second-order valence-corrected chi connectivity index (χ2v) is 7.77. The highest BCUT2D eigenvalue weighted by molar-refractivity contribution is 7.89. The number of rotatable bonds is 8. The van der Waals surface area contributed by atoms with E-state index in [4.69, 9.17) is 9.94 Å². The molecule has 1 aliphatic rings. The normalized spacial score (nSPS) is 16.5. The smallest absolute Gasteiger partial charge is 0.243 e. The van der Waals surface area contributed by atoms with Crippen molar-refractivity contribution in [3.63, 3.8) is 0 Å². The van der Waals surface area contributed by atoms with Crippen LogP contribution < -0.4 is 5.48 Å². The zero-order chi connectivity index (χ0) is 18.3. The summed E-state index contributed by atoms with van der Waals surface area (Å²) in [5.74, 6) is -0.549. The molecule has 1 amide bonds. The van der Waals surface area contributed by atoms with Crippen LogP contribution in [0.2, 0.25) is 0 Å². The lowest BCUT2D eigenvalue weighted by atomic mass is 10.1. The van der Waals surface area contributed by atoms with Crippen molar-refractivity contribution in [1.82, 2.24) is 9.79 Å². The molecule has 7 nitrogen and oxygen atoms in total. The van der Waals surface area contributed by atoms with Gasteiger partial charge in [-0.05, 0) is 30.9 Å². The van der Waals surface area contributed by atoms with Crippen molar-refractivity contribution >= 4 is 15.9 Å². The van der Waals surface area contributed by atoms with Crippen LogP contribution in [0.25, 0.3) is 0 Å². The molecule has 0 aromatic heterocycles. The molecule has 2 rings (SSSR count). The highest BCUT2D eigenvalue weighted by Crippen LogP contribution is 2.25. The first-order chi connectivity index (χ1) is 12.0. The fourth-order valence-corrected chi connectivity index (χ4v) is 4.57. The third-order valence-corrected chi connectivity index (χ3v) is 6.19. The van der Waals surface area contributed by atoms with E-state index in [-0.39, 0.29) is 23.8 Å². The molecule has 1 aliphatic heterocycles. The molecule has 1 heterocycles. The summed E-state index contributed by atoms with van der Waals surface area (Å²) in [6.45, 7) is 4.87. The summed E-state index contributed by atoms with van der Waals surface area (Å²) in [7, 11) is -3.63. The zero-order valence-electron chi connectivity index (χ0n) is 14.1. The van der Waals surface area contributed by atoms with Crippen molar-refractivity contribution in [2.24, 2.45) is 0 Å². The fourth-order valence-electron chi connectivity index (χ4n) is 2.85. The fraction of sp³-hybridized carbons (Fsp3) is 0.471. The van der Waals surface area contributed by atoms with Crippen molar-refractivity contribution in [2.45, 2.75) is 36.7 Å². The third kappa shape index (κ3) is 5.12. The number of aryl methyl sites for hydroxylation is 1. The van der Waals surface area contributed by atoms with Crippen LogP contribution >= 0.6 is 0 Å². The van der Waals surface area contributed by atoms with Crippen molar-refractivity contribution in [1.29, 1.82) is 0 Å². The summed E-state index contributed by atoms with van der Waals surface area (Å²) < 4.78 is 33.0. The number of amides is 1. The maximum atomic E-state index is 13.0. The van der Waals surface area contributed by atoms with Crippen LogP contribution in [0.15, 0.2) is 41.8 Å². The molecule has 0 aliphatic carbocycles. The number of benzene rings is 1. The molecule has 0 radical (unpaired) electrons. The molecule has 8 heteroatoms. The molecule has 1 aromatic rings. The topological polar surface area (TPSA) is 95.9 Å². The number of carbonyl (C=O) groups excluding carboxylic acids is 1. The number of nitrogens with zero attached hydrogens (tertiary/aromatic N) is 1. The molecule has 1 aromatic carbocycles. The Morgan fingerprint density at radius 1 is 1.36 bits per heavy atom. The summed E-state index contributed by atoms with van der Waals surface area (Å²) in [4.78, 5) is 11.4. The summed E-state index contributed by atoms with van der Waals surface area (Å²) in [5.41, 5.74) is 2.12. The number of nitrogens with one attached hydrogen (secondary N) is 1. The van der Waals surface area contributed by atoms with Crippen molar-refractivity contribution < 1.29 is 23.2 Å². The molecule has 0 atom stereocenters. The monoisotopic (exact) mass is 368 g/mol. The van der Waals surface area contributed by atoms with Crippen LogP contribution in [0.1, 0.15) is 24.8 Å². The van der Waals surface area contributed by atoms with E-state index >= 15 is 0 Å². The van der Waals surface area contributed by atoms with Gasteiger partial charge in [-0.15, -0.1) is 6.58 Å². The van der Waals surface area contributed by atoms with E-state index in [1.807, 2.05) is 0 Å². The molecular weight excluding hydrogens is 344 g/mol. The summed E-state index contributed by atoms with van der Waals surface area (Å²) in [6.07, 6.45) is 3.26. The lowest BCUT2D eigenvalue weighted by molar-refractivity contribution is -0.129. The van der Waals surface area contributed by atoms with Gasteiger partial charge in [-0.25, -0.2) is 13.9 Å². The van der Waals surface area contributed by atoms with Gasteiger partial charge in [0, 0.05) is 19.5 Å². The number of carbonyl (C=O) groups is 1. The van der Waals surface area contributed by atoms with Gasteiger partial charge in [0.2, 0.25) is 15.9 Å². The molecule has 25 heavy (non-hydrogen) atoms. The number of hydrogen-bond acceptors (Lipinski definition) is 5. The third-order valence-electron chi connectivity index (χ3n) is 4.19. The molecule has 0 bridgehead atoms. The van der Waals surface area contributed by atoms with Crippen LogP contribution in [0, 0.1) is 0 Å². The summed E-state index contributed by atoms with van der Waals surface area (Å²) >= 11 is 0. The first-order valence-corrected chi connectivity index (χ1v) is 9.66. The lowest BCUT2D eigenvalue weighted by Crippen LogP contribution is -2.41. The maximum Gasteiger partial charge on any atom is 0.243 e. The quantitative estimate of drug-likeness (QED) is 0.412. The van der Waals surface area contributed by atoms with E-state index in [0.717, 1.165) is 0 Å². The van der Waals surface area contributed by atoms with Gasteiger partial charge in [0.05, 0.1) is 17.6 Å². The Morgan fingerprint density at radius 3 is 2.68 bits per heavy atom. The number of sulfonamides is 1. The SMILES string of the molecule is C=CCOC1CCN(S(=O)(=O)c2ccccc2CCC(=O)NO)CC1. The first kappa shape index (κ1) is 19.6. The van der Waals surface area contributed by atoms with Crippen molar-refractivity contribution in [3.05, 3.63) is 42.5 Å². The van der Waals surface area contributed by atoms with Gasteiger partial charge in [-0.2, -0.15) is 4.31 Å². The number of piperidine rings is 1. The van der Waals surface area contributed by atoms with Gasteiger partial charge in [0.25, 0.3) is 0 Å². The van der Waals surface area contributed by atoms with E-state index in [1.165, 1.54) is 4.31 Å². The molecule has 1 fully saturated rings. The Kier molecular flexibility index (Phi) is 7.12. The average Bonchev–Trinajstić information content (AvgIpc) is 2.64. The molecule has 1 saturated heterocycles.